The fourth-order valence-electron chi connectivity index (χ4n) is 3.42. The molecular weight excluding hydrogens is 404 g/mol. The van der Waals surface area contributed by atoms with Crippen LogP contribution in [0.25, 0.3) is 5.84 Å². The summed E-state index contributed by atoms with van der Waals surface area (Å²) in [5.41, 5.74) is 2.65. The Morgan fingerprint density at radius 1 is 0.875 bits per heavy atom. The smallest absolute Gasteiger partial charge is 0.325 e. The first kappa shape index (κ1) is 19.6. The monoisotopic (exact) mass is 424 g/mol. The van der Waals surface area contributed by atoms with E-state index in [-0.39, 0.29) is 11.7 Å². The van der Waals surface area contributed by atoms with Crippen molar-refractivity contribution in [1.29, 1.82) is 0 Å². The van der Waals surface area contributed by atoms with E-state index < -0.39 is 0 Å². The van der Waals surface area contributed by atoms with Gasteiger partial charge >= 0.3 is 5.84 Å². The lowest BCUT2D eigenvalue weighted by Crippen LogP contribution is -2.23. The maximum atomic E-state index is 12.9. The third-order valence-electron chi connectivity index (χ3n) is 5.00. The molecule has 0 spiro atoms. The molecule has 0 atom stereocenters. The Bertz CT molecular complexity index is 1330. The number of aromatic nitrogens is 3. The van der Waals surface area contributed by atoms with E-state index in [1.54, 1.807) is 4.52 Å². The molecule has 0 aliphatic rings. The standard InChI is InChI=1S/C25H20N4O3/c30-24(26-16-19-11-13-21(14-12-19)31-20-9-5-2-6-10-20)23-22(15-18-7-3-1-4-8-18)29-25(32-23)27-17-28-29/h1-14,17H,15-16H2,(H,26,30). The van der Waals surface area contributed by atoms with Crippen molar-refractivity contribution < 1.29 is 13.9 Å². The van der Waals surface area contributed by atoms with E-state index in [1.165, 1.54) is 6.33 Å². The van der Waals surface area contributed by atoms with E-state index in [1.807, 2.05) is 84.9 Å². The summed E-state index contributed by atoms with van der Waals surface area (Å²) in [5.74, 6) is 1.70. The first-order chi connectivity index (χ1) is 15.8. The van der Waals surface area contributed by atoms with Gasteiger partial charge in [-0.25, -0.2) is 0 Å². The van der Waals surface area contributed by atoms with E-state index in [0.29, 0.717) is 24.5 Å². The van der Waals surface area contributed by atoms with Crippen LogP contribution in [0, 0.1) is 0 Å². The number of benzene rings is 3. The van der Waals surface area contributed by atoms with Crippen molar-refractivity contribution in [2.24, 2.45) is 0 Å². The van der Waals surface area contributed by atoms with Crippen LogP contribution < -0.4 is 10.1 Å². The average molecular weight is 424 g/mol. The summed E-state index contributed by atoms with van der Waals surface area (Å²) in [5, 5.41) is 7.12. The van der Waals surface area contributed by atoms with Crippen LogP contribution in [0.5, 0.6) is 11.5 Å². The van der Waals surface area contributed by atoms with E-state index >= 15 is 0 Å². The number of hydrogen-bond donors (Lipinski definition) is 1. The lowest BCUT2D eigenvalue weighted by atomic mass is 10.1. The highest BCUT2D eigenvalue weighted by Gasteiger charge is 2.22. The summed E-state index contributed by atoms with van der Waals surface area (Å²) < 4.78 is 13.1. The van der Waals surface area contributed by atoms with Gasteiger partial charge in [0, 0.05) is 13.0 Å². The molecule has 0 bridgehead atoms. The maximum Gasteiger partial charge on any atom is 0.325 e. The van der Waals surface area contributed by atoms with Gasteiger partial charge in [0.2, 0.25) is 5.76 Å². The fourth-order valence-corrected chi connectivity index (χ4v) is 3.42. The van der Waals surface area contributed by atoms with E-state index in [9.17, 15) is 4.79 Å². The molecule has 1 N–H and O–H groups in total. The van der Waals surface area contributed by atoms with Crippen LogP contribution in [0.15, 0.2) is 95.7 Å². The number of carbonyl (C=O) groups is 1. The molecule has 5 rings (SSSR count). The van der Waals surface area contributed by atoms with Crippen molar-refractivity contribution in [3.8, 4) is 11.5 Å². The molecule has 2 aromatic heterocycles. The van der Waals surface area contributed by atoms with Gasteiger partial charge in [-0.2, -0.15) is 14.6 Å². The van der Waals surface area contributed by atoms with Crippen LogP contribution >= 0.6 is 0 Å². The summed E-state index contributed by atoms with van der Waals surface area (Å²) in [7, 11) is 0. The van der Waals surface area contributed by atoms with Crippen LogP contribution in [0.1, 0.15) is 27.4 Å². The largest absolute Gasteiger partial charge is 0.457 e. The molecule has 1 amide bonds. The quantitative estimate of drug-likeness (QED) is 0.412. The molecule has 2 heterocycles. The highest BCUT2D eigenvalue weighted by Crippen LogP contribution is 2.22. The van der Waals surface area contributed by atoms with E-state index in [0.717, 1.165) is 22.6 Å². The number of nitrogens with zero attached hydrogens (tertiary/aromatic N) is 3. The zero-order valence-corrected chi connectivity index (χ0v) is 17.1. The summed E-state index contributed by atoms with van der Waals surface area (Å²) in [6.45, 7) is 0.353. The van der Waals surface area contributed by atoms with Crippen LogP contribution in [0.4, 0.5) is 0 Å². The predicted molar refractivity (Wildman–Crippen MR) is 119 cm³/mol. The summed E-state index contributed by atoms with van der Waals surface area (Å²) in [6.07, 6.45) is 1.92. The normalized spacial score (nSPS) is 10.9. The van der Waals surface area contributed by atoms with Gasteiger partial charge in [-0.15, -0.1) is 0 Å². The third kappa shape index (κ3) is 4.22. The molecule has 0 aliphatic carbocycles. The third-order valence-corrected chi connectivity index (χ3v) is 5.00. The van der Waals surface area contributed by atoms with Crippen molar-refractivity contribution >= 4 is 11.8 Å². The van der Waals surface area contributed by atoms with Crippen molar-refractivity contribution in [3.63, 3.8) is 0 Å². The number of para-hydroxylation sites is 1. The Balaban J connectivity index is 1.28. The Morgan fingerprint density at radius 2 is 1.56 bits per heavy atom. The number of nitrogens with one attached hydrogen (secondary N) is 1. The Kier molecular flexibility index (Phi) is 5.36. The second-order valence-electron chi connectivity index (χ2n) is 7.24. The maximum absolute atomic E-state index is 12.9. The van der Waals surface area contributed by atoms with Gasteiger partial charge in [0.25, 0.3) is 5.91 Å². The number of rotatable bonds is 7. The number of oxazole rings is 1. The number of hydrogen-bond acceptors (Lipinski definition) is 5. The molecule has 7 nitrogen and oxygen atoms in total. The molecule has 0 saturated carbocycles. The van der Waals surface area contributed by atoms with Crippen molar-refractivity contribution in [2.75, 3.05) is 0 Å². The Labute approximate surface area is 184 Å². The summed E-state index contributed by atoms with van der Waals surface area (Å²) in [4.78, 5) is 17.0. The zero-order chi connectivity index (χ0) is 21.8. The van der Waals surface area contributed by atoms with E-state index in [4.69, 9.17) is 9.15 Å². The van der Waals surface area contributed by atoms with Gasteiger partial charge in [-0.1, -0.05) is 60.7 Å². The fraction of sp³-hybridized carbons (Fsp3) is 0.0800. The van der Waals surface area contributed by atoms with Gasteiger partial charge in [-0.3, -0.25) is 4.79 Å². The summed E-state index contributed by atoms with van der Waals surface area (Å²) >= 11 is 0. The van der Waals surface area contributed by atoms with Gasteiger partial charge in [0.15, 0.2) is 0 Å². The van der Waals surface area contributed by atoms with Crippen LogP contribution in [0.3, 0.4) is 0 Å². The highest BCUT2D eigenvalue weighted by atomic mass is 16.5. The second kappa shape index (κ2) is 8.77. The number of carbonyl (C=O) groups excluding carboxylic acids is 1. The Hall–Kier alpha value is -4.39. The minimum Gasteiger partial charge on any atom is -0.457 e. The molecule has 0 fully saturated rings. The first-order valence-corrected chi connectivity index (χ1v) is 10.2. The Morgan fingerprint density at radius 3 is 2.31 bits per heavy atom. The number of amides is 1. The molecule has 3 aromatic carbocycles. The molecular formula is C25H20N4O3. The van der Waals surface area contributed by atoms with Gasteiger partial charge in [0.05, 0.1) is 0 Å². The van der Waals surface area contributed by atoms with E-state index in [2.05, 4.69) is 15.4 Å². The van der Waals surface area contributed by atoms with Crippen molar-refractivity contribution in [2.45, 2.75) is 13.0 Å². The van der Waals surface area contributed by atoms with Crippen LogP contribution in [0.2, 0.25) is 0 Å². The van der Waals surface area contributed by atoms with Gasteiger partial charge in [-0.05, 0) is 35.4 Å². The number of fused-ring (bicyclic) bond motifs is 1. The molecule has 5 aromatic rings. The lowest BCUT2D eigenvalue weighted by Gasteiger charge is -2.08. The second-order valence-corrected chi connectivity index (χ2v) is 7.24. The zero-order valence-electron chi connectivity index (χ0n) is 17.1. The molecule has 0 unspecified atom stereocenters. The van der Waals surface area contributed by atoms with Crippen molar-refractivity contribution in [1.82, 2.24) is 19.9 Å². The molecule has 0 saturated heterocycles. The molecule has 32 heavy (non-hydrogen) atoms. The molecule has 0 radical (unpaired) electrons. The summed E-state index contributed by atoms with van der Waals surface area (Å²) in [6, 6.07) is 27.0. The van der Waals surface area contributed by atoms with Crippen LogP contribution in [-0.4, -0.2) is 20.5 Å². The molecule has 7 heteroatoms. The lowest BCUT2D eigenvalue weighted by molar-refractivity contribution is 0.0923. The average Bonchev–Trinajstić information content (AvgIpc) is 3.43. The minimum absolute atomic E-state index is 0.216. The van der Waals surface area contributed by atoms with Crippen molar-refractivity contribution in [3.05, 3.63) is 114 Å². The molecule has 158 valence electrons. The minimum atomic E-state index is -0.312. The SMILES string of the molecule is O=C(NCc1ccc(Oc2ccccc2)cc1)c1oc2ncnn2c1Cc1ccccc1. The van der Waals surface area contributed by atoms with Gasteiger partial charge in [0.1, 0.15) is 23.5 Å². The highest BCUT2D eigenvalue weighted by molar-refractivity contribution is 5.93. The predicted octanol–water partition coefficient (Wildman–Crippen LogP) is 4.64. The van der Waals surface area contributed by atoms with Crippen LogP contribution in [-0.2, 0) is 13.0 Å². The molecule has 0 aliphatic heterocycles. The first-order valence-electron chi connectivity index (χ1n) is 10.2. The topological polar surface area (TPSA) is 81.7 Å². The number of ether oxygens (including phenoxy) is 1. The van der Waals surface area contributed by atoms with Gasteiger partial charge < -0.3 is 14.5 Å².